The first-order valence-electron chi connectivity index (χ1n) is 12.1. The van der Waals surface area contributed by atoms with Crippen molar-refractivity contribution < 1.29 is 45.7 Å². The van der Waals surface area contributed by atoms with Gasteiger partial charge in [0.25, 0.3) is 20.2 Å². The van der Waals surface area contributed by atoms with Gasteiger partial charge in [-0.2, -0.15) is 16.8 Å². The number of phenolic OH excluding ortho intramolecular Hbond substituents is 2. The van der Waals surface area contributed by atoms with Gasteiger partial charge in [0.2, 0.25) is 5.78 Å². The Bertz CT molecular complexity index is 2070. The van der Waals surface area contributed by atoms with Crippen LogP contribution in [0.5, 0.6) is 11.5 Å². The molecule has 0 radical (unpaired) electrons. The predicted molar refractivity (Wildman–Crippen MR) is 152 cm³/mol. The molecule has 0 aromatic heterocycles. The maximum atomic E-state index is 14.0. The molecule has 0 saturated heterocycles. The Balaban J connectivity index is 1.68. The molecule has 0 fully saturated rings. The van der Waals surface area contributed by atoms with Crippen LogP contribution in [0.15, 0.2) is 70.5 Å². The maximum Gasteiger partial charge on any atom is 0.296 e. The number of carbonyl (C=O) groups excluding carboxylic acids is 2. The van der Waals surface area contributed by atoms with E-state index in [1.165, 1.54) is 43.3 Å². The monoisotopic (exact) mass is 610 g/mol. The number of aryl methyl sites for hydroxylation is 2. The van der Waals surface area contributed by atoms with E-state index >= 15 is 0 Å². The van der Waals surface area contributed by atoms with Gasteiger partial charge in [-0.3, -0.25) is 18.7 Å². The van der Waals surface area contributed by atoms with Gasteiger partial charge in [-0.05, 0) is 73.5 Å². The zero-order chi connectivity index (χ0) is 30.7. The van der Waals surface area contributed by atoms with Crippen molar-refractivity contribution in [1.82, 2.24) is 0 Å². The largest absolute Gasteiger partial charge is 0.507 e. The van der Waals surface area contributed by atoms with Crippen LogP contribution in [0.1, 0.15) is 43.0 Å². The standard InChI is InChI=1S/C28H22N2O10S2/c1-13-3-6-16(22(11-13)42(38,39)40)30-18-8-10-20(32)26-24(18)27(33)23-17(7-9-19(31)25(23)28(26)34)29-15-5-4-14(2)21(12-15)41(35,36)37/h3-12,29-32H,1-2H3,(H,35,36,37)(H,38,39,40). The fraction of sp³-hybridized carbons (Fsp3) is 0.0714. The molecule has 0 aliphatic heterocycles. The molecule has 42 heavy (non-hydrogen) atoms. The molecule has 0 amide bonds. The third kappa shape index (κ3) is 4.96. The lowest BCUT2D eigenvalue weighted by atomic mass is 9.81. The van der Waals surface area contributed by atoms with Crippen molar-refractivity contribution in [2.24, 2.45) is 0 Å². The number of carbonyl (C=O) groups is 2. The van der Waals surface area contributed by atoms with Gasteiger partial charge in [-0.1, -0.05) is 12.1 Å². The van der Waals surface area contributed by atoms with Gasteiger partial charge in [-0.25, -0.2) is 0 Å². The molecule has 5 rings (SSSR count). The number of anilines is 4. The van der Waals surface area contributed by atoms with Crippen molar-refractivity contribution >= 4 is 54.6 Å². The number of hydrogen-bond acceptors (Lipinski definition) is 10. The first-order valence-corrected chi connectivity index (χ1v) is 15.0. The highest BCUT2D eigenvalue weighted by molar-refractivity contribution is 7.86. The molecule has 4 aromatic rings. The number of ketones is 2. The third-order valence-electron chi connectivity index (χ3n) is 6.70. The lowest BCUT2D eigenvalue weighted by molar-refractivity contribution is 0.0975. The van der Waals surface area contributed by atoms with Gasteiger partial charge in [-0.15, -0.1) is 0 Å². The predicted octanol–water partition coefficient (Wildman–Crippen LogP) is 4.47. The SMILES string of the molecule is Cc1ccc(Nc2ccc(O)c3c2C(=O)c2c(Nc4ccc(C)c(S(=O)(=O)O)c4)ccc(O)c2C3=O)c(S(=O)(=O)O)c1. The molecular weight excluding hydrogens is 588 g/mol. The van der Waals surface area contributed by atoms with Crippen LogP contribution in [0.2, 0.25) is 0 Å². The lowest BCUT2D eigenvalue weighted by Gasteiger charge is -2.25. The summed E-state index contributed by atoms with van der Waals surface area (Å²) in [4.78, 5) is 26.8. The van der Waals surface area contributed by atoms with E-state index in [9.17, 15) is 45.7 Å². The van der Waals surface area contributed by atoms with Crippen LogP contribution < -0.4 is 10.6 Å². The summed E-state index contributed by atoms with van der Waals surface area (Å²) >= 11 is 0. The number of aromatic hydroxyl groups is 2. The number of rotatable bonds is 6. The Labute approximate surface area is 239 Å². The van der Waals surface area contributed by atoms with Crippen molar-refractivity contribution in [3.05, 3.63) is 94.0 Å². The number of fused-ring (bicyclic) bond motifs is 2. The van der Waals surface area contributed by atoms with Gasteiger partial charge in [0, 0.05) is 5.69 Å². The van der Waals surface area contributed by atoms with E-state index < -0.39 is 64.2 Å². The van der Waals surface area contributed by atoms with Crippen LogP contribution >= 0.6 is 0 Å². The molecule has 1 aliphatic carbocycles. The summed E-state index contributed by atoms with van der Waals surface area (Å²) in [5.41, 5.74) is -0.857. The van der Waals surface area contributed by atoms with E-state index in [1.807, 2.05) is 0 Å². The molecular formula is C28H22N2O10S2. The second-order valence-corrected chi connectivity index (χ2v) is 12.4. The molecule has 6 N–H and O–H groups in total. The highest BCUT2D eigenvalue weighted by Crippen LogP contribution is 2.44. The quantitative estimate of drug-likeness (QED) is 0.116. The van der Waals surface area contributed by atoms with Crippen LogP contribution in [0.25, 0.3) is 0 Å². The Morgan fingerprint density at radius 2 is 1.07 bits per heavy atom. The summed E-state index contributed by atoms with van der Waals surface area (Å²) < 4.78 is 67.0. The first kappa shape index (κ1) is 28.8. The average molecular weight is 611 g/mol. The van der Waals surface area contributed by atoms with E-state index in [-0.39, 0.29) is 39.4 Å². The van der Waals surface area contributed by atoms with E-state index in [0.717, 1.165) is 18.2 Å². The Morgan fingerprint density at radius 1 is 0.571 bits per heavy atom. The molecule has 0 saturated carbocycles. The minimum atomic E-state index is -4.71. The summed E-state index contributed by atoms with van der Waals surface area (Å²) in [5.74, 6) is -2.90. The van der Waals surface area contributed by atoms with Gasteiger partial charge in [0.05, 0.1) is 44.2 Å². The number of nitrogens with one attached hydrogen (secondary N) is 2. The highest BCUT2D eigenvalue weighted by Gasteiger charge is 2.38. The molecule has 1 aliphatic rings. The molecule has 0 atom stereocenters. The number of hydrogen-bond donors (Lipinski definition) is 6. The van der Waals surface area contributed by atoms with Crippen molar-refractivity contribution in [2.75, 3.05) is 10.6 Å². The van der Waals surface area contributed by atoms with E-state index in [4.69, 9.17) is 0 Å². The second kappa shape index (κ2) is 9.95. The van der Waals surface area contributed by atoms with Crippen molar-refractivity contribution in [3.63, 3.8) is 0 Å². The minimum absolute atomic E-state index is 0.0137. The van der Waals surface area contributed by atoms with E-state index in [1.54, 1.807) is 13.0 Å². The highest BCUT2D eigenvalue weighted by atomic mass is 32.2. The zero-order valence-corrected chi connectivity index (χ0v) is 23.5. The summed E-state index contributed by atoms with van der Waals surface area (Å²) in [6.07, 6.45) is 0. The van der Waals surface area contributed by atoms with E-state index in [2.05, 4.69) is 10.6 Å². The Morgan fingerprint density at radius 3 is 1.62 bits per heavy atom. The normalized spacial score (nSPS) is 13.0. The minimum Gasteiger partial charge on any atom is -0.507 e. The summed E-state index contributed by atoms with van der Waals surface area (Å²) in [5, 5.41) is 26.8. The third-order valence-corrected chi connectivity index (χ3v) is 8.59. The van der Waals surface area contributed by atoms with Crippen LogP contribution in [0, 0.1) is 13.8 Å². The molecule has 0 heterocycles. The van der Waals surface area contributed by atoms with Crippen molar-refractivity contribution in [3.8, 4) is 11.5 Å². The van der Waals surface area contributed by atoms with Crippen LogP contribution in [0.3, 0.4) is 0 Å². The van der Waals surface area contributed by atoms with Crippen LogP contribution in [0.4, 0.5) is 22.7 Å². The first-order chi connectivity index (χ1) is 19.6. The molecule has 216 valence electrons. The fourth-order valence-electron chi connectivity index (χ4n) is 4.78. The van der Waals surface area contributed by atoms with Crippen molar-refractivity contribution in [2.45, 2.75) is 23.6 Å². The Kier molecular flexibility index (Phi) is 6.82. The van der Waals surface area contributed by atoms with Gasteiger partial charge >= 0.3 is 0 Å². The van der Waals surface area contributed by atoms with Gasteiger partial charge in [0.1, 0.15) is 16.4 Å². The average Bonchev–Trinajstić information content (AvgIpc) is 2.89. The molecule has 14 heteroatoms. The topological polar surface area (TPSA) is 207 Å². The number of benzene rings is 4. The van der Waals surface area contributed by atoms with Crippen molar-refractivity contribution in [1.29, 1.82) is 0 Å². The Hall–Kier alpha value is -4.76. The summed E-state index contributed by atoms with van der Waals surface area (Å²) in [6, 6.07) is 12.9. The molecule has 0 spiro atoms. The molecule has 4 aromatic carbocycles. The smallest absolute Gasteiger partial charge is 0.296 e. The van der Waals surface area contributed by atoms with E-state index in [0.29, 0.717) is 5.56 Å². The summed E-state index contributed by atoms with van der Waals surface area (Å²) in [7, 11) is -9.30. The lowest BCUT2D eigenvalue weighted by Crippen LogP contribution is -2.24. The van der Waals surface area contributed by atoms with Gasteiger partial charge in [0.15, 0.2) is 5.78 Å². The maximum absolute atomic E-state index is 14.0. The molecule has 12 nitrogen and oxygen atoms in total. The van der Waals surface area contributed by atoms with Crippen LogP contribution in [-0.2, 0) is 20.2 Å². The molecule has 0 unspecified atom stereocenters. The van der Waals surface area contributed by atoms with Crippen LogP contribution in [-0.4, -0.2) is 47.7 Å². The zero-order valence-electron chi connectivity index (χ0n) is 21.8. The fourth-order valence-corrected chi connectivity index (χ4v) is 6.26. The summed E-state index contributed by atoms with van der Waals surface area (Å²) in [6.45, 7) is 3.07. The molecule has 0 bridgehead atoms. The number of phenols is 2. The van der Waals surface area contributed by atoms with Gasteiger partial charge < -0.3 is 20.8 Å². The second-order valence-electron chi connectivity index (χ2n) is 9.60.